The fraction of sp³-hybridized carbons (Fsp3) is 0.519. The third-order valence-corrected chi connectivity index (χ3v) is 7.22. The highest BCUT2D eigenvalue weighted by molar-refractivity contribution is 6.30. The van der Waals surface area contributed by atoms with E-state index in [0.717, 1.165) is 73.3 Å². The van der Waals surface area contributed by atoms with Crippen LogP contribution in [0.25, 0.3) is 0 Å². The lowest BCUT2D eigenvalue weighted by Crippen LogP contribution is -2.47. The number of benzene rings is 2. The highest BCUT2D eigenvalue weighted by atomic mass is 35.5. The first kappa shape index (κ1) is 25.5. The van der Waals surface area contributed by atoms with E-state index in [0.29, 0.717) is 19.1 Å². The molecular formula is C27H34Cl2N2O3. The molecule has 2 atom stereocenters. The number of halogens is 2. The van der Waals surface area contributed by atoms with Gasteiger partial charge in [-0.3, -0.25) is 4.79 Å². The molecule has 0 spiro atoms. The van der Waals surface area contributed by atoms with Gasteiger partial charge in [-0.15, -0.1) is 0 Å². The molecule has 184 valence electrons. The van der Waals surface area contributed by atoms with Gasteiger partial charge < -0.3 is 19.3 Å². The van der Waals surface area contributed by atoms with Crippen molar-refractivity contribution in [3.05, 3.63) is 69.7 Å². The van der Waals surface area contributed by atoms with Crippen LogP contribution in [0, 0.1) is 11.8 Å². The summed E-state index contributed by atoms with van der Waals surface area (Å²) in [5.41, 5.74) is 2.17. The largest absolute Gasteiger partial charge is 0.466 e. The summed E-state index contributed by atoms with van der Waals surface area (Å²) in [5.74, 6) is 0.600. The SMILES string of the molecule is CCOC(=O)[C@@H]1C[C@H]1CN1CCN(CCCOC(c2ccc(Cl)cc2)c2ccc(Cl)cc2)CC1. The zero-order chi connectivity index (χ0) is 23.9. The van der Waals surface area contributed by atoms with Crippen molar-refractivity contribution in [1.82, 2.24) is 9.80 Å². The van der Waals surface area contributed by atoms with E-state index in [1.165, 1.54) is 0 Å². The molecule has 0 radical (unpaired) electrons. The van der Waals surface area contributed by atoms with E-state index in [-0.39, 0.29) is 18.0 Å². The van der Waals surface area contributed by atoms with Crippen molar-refractivity contribution in [2.75, 3.05) is 52.5 Å². The summed E-state index contributed by atoms with van der Waals surface area (Å²) < 4.78 is 11.5. The average molecular weight is 505 g/mol. The van der Waals surface area contributed by atoms with Crippen LogP contribution < -0.4 is 0 Å². The molecule has 1 saturated heterocycles. The maximum Gasteiger partial charge on any atom is 0.309 e. The molecule has 0 N–H and O–H groups in total. The van der Waals surface area contributed by atoms with Crippen LogP contribution in [-0.2, 0) is 14.3 Å². The lowest BCUT2D eigenvalue weighted by atomic mass is 10.0. The molecule has 0 bridgehead atoms. The van der Waals surface area contributed by atoms with Crippen LogP contribution in [0.5, 0.6) is 0 Å². The van der Waals surface area contributed by atoms with E-state index >= 15 is 0 Å². The molecule has 1 aliphatic carbocycles. The van der Waals surface area contributed by atoms with Crippen LogP contribution in [0.1, 0.15) is 37.0 Å². The van der Waals surface area contributed by atoms with Gasteiger partial charge in [-0.2, -0.15) is 0 Å². The summed E-state index contributed by atoms with van der Waals surface area (Å²) in [6.45, 7) is 9.32. The molecule has 4 rings (SSSR count). The number of hydrogen-bond donors (Lipinski definition) is 0. The summed E-state index contributed by atoms with van der Waals surface area (Å²) in [6.07, 6.45) is 1.82. The Kier molecular flexibility index (Phi) is 9.26. The third kappa shape index (κ3) is 7.19. The van der Waals surface area contributed by atoms with E-state index < -0.39 is 0 Å². The molecule has 1 heterocycles. The van der Waals surface area contributed by atoms with Crippen LogP contribution in [0.2, 0.25) is 10.0 Å². The van der Waals surface area contributed by atoms with Gasteiger partial charge in [-0.25, -0.2) is 0 Å². The zero-order valence-electron chi connectivity index (χ0n) is 19.8. The molecule has 2 fully saturated rings. The number of carbonyl (C=O) groups is 1. The molecule has 0 aromatic heterocycles. The third-order valence-electron chi connectivity index (χ3n) is 6.72. The quantitative estimate of drug-likeness (QED) is 0.306. The van der Waals surface area contributed by atoms with Crippen LogP contribution in [0.15, 0.2) is 48.5 Å². The minimum absolute atomic E-state index is 0.0124. The van der Waals surface area contributed by atoms with Crippen LogP contribution in [0.4, 0.5) is 0 Å². The van der Waals surface area contributed by atoms with E-state index in [2.05, 4.69) is 9.80 Å². The number of ether oxygens (including phenoxy) is 2. The van der Waals surface area contributed by atoms with E-state index in [4.69, 9.17) is 32.7 Å². The molecule has 5 nitrogen and oxygen atoms in total. The highest BCUT2D eigenvalue weighted by Gasteiger charge is 2.44. The molecule has 1 saturated carbocycles. The van der Waals surface area contributed by atoms with Gasteiger partial charge in [0, 0.05) is 55.9 Å². The number of esters is 1. The fourth-order valence-electron chi connectivity index (χ4n) is 4.66. The van der Waals surface area contributed by atoms with Gasteiger partial charge in [0.1, 0.15) is 6.10 Å². The second-order valence-electron chi connectivity index (χ2n) is 9.20. The molecule has 34 heavy (non-hydrogen) atoms. The lowest BCUT2D eigenvalue weighted by molar-refractivity contribution is -0.145. The maximum absolute atomic E-state index is 11.8. The normalized spacial score (nSPS) is 21.1. The summed E-state index contributed by atoms with van der Waals surface area (Å²) in [4.78, 5) is 16.8. The average Bonchev–Trinajstić information content (AvgIpc) is 3.61. The Labute approximate surface area is 212 Å². The number of piperazine rings is 1. The monoisotopic (exact) mass is 504 g/mol. The molecule has 0 amide bonds. The van der Waals surface area contributed by atoms with Gasteiger partial charge in [0.05, 0.1) is 12.5 Å². The Morgan fingerprint density at radius 1 is 0.941 bits per heavy atom. The van der Waals surface area contributed by atoms with Crippen LogP contribution in [0.3, 0.4) is 0 Å². The predicted octanol–water partition coefficient (Wildman–Crippen LogP) is 5.31. The van der Waals surface area contributed by atoms with Gasteiger partial charge in [0.2, 0.25) is 0 Å². The van der Waals surface area contributed by atoms with Crippen molar-refractivity contribution in [3.63, 3.8) is 0 Å². The minimum atomic E-state index is -0.141. The van der Waals surface area contributed by atoms with E-state index in [9.17, 15) is 4.79 Å². The number of rotatable bonds is 11. The Morgan fingerprint density at radius 2 is 1.50 bits per heavy atom. The Balaban J connectivity index is 1.19. The Bertz CT molecular complexity index is 869. The van der Waals surface area contributed by atoms with Crippen molar-refractivity contribution in [2.24, 2.45) is 11.8 Å². The second-order valence-corrected chi connectivity index (χ2v) is 10.1. The topological polar surface area (TPSA) is 42.0 Å². The van der Waals surface area contributed by atoms with Gasteiger partial charge in [0.15, 0.2) is 0 Å². The van der Waals surface area contributed by atoms with Gasteiger partial charge >= 0.3 is 5.97 Å². The number of carbonyl (C=O) groups excluding carboxylic acids is 1. The van der Waals surface area contributed by atoms with Crippen LogP contribution in [-0.4, -0.2) is 68.3 Å². The molecular weight excluding hydrogens is 471 g/mol. The van der Waals surface area contributed by atoms with Gasteiger partial charge in [-0.1, -0.05) is 47.5 Å². The smallest absolute Gasteiger partial charge is 0.309 e. The van der Waals surface area contributed by atoms with Gasteiger partial charge in [0.25, 0.3) is 0 Å². The summed E-state index contributed by atoms with van der Waals surface area (Å²) in [7, 11) is 0. The summed E-state index contributed by atoms with van der Waals surface area (Å²) in [5, 5.41) is 1.44. The molecule has 2 aromatic carbocycles. The first-order valence-corrected chi connectivity index (χ1v) is 13.0. The fourth-order valence-corrected chi connectivity index (χ4v) is 4.92. The lowest BCUT2D eigenvalue weighted by Gasteiger charge is -2.34. The number of nitrogens with zero attached hydrogens (tertiary/aromatic N) is 2. The number of hydrogen-bond acceptors (Lipinski definition) is 5. The molecule has 1 aliphatic heterocycles. The van der Waals surface area contributed by atoms with Crippen molar-refractivity contribution < 1.29 is 14.3 Å². The van der Waals surface area contributed by atoms with Crippen molar-refractivity contribution in [1.29, 1.82) is 0 Å². The zero-order valence-corrected chi connectivity index (χ0v) is 21.3. The standard InChI is InChI=1S/C27H34Cl2N2O3/c1-2-33-27(32)25-18-22(25)19-31-15-13-30(14-16-31)12-3-17-34-26(20-4-8-23(28)9-5-20)21-6-10-24(29)11-7-21/h4-11,22,25-26H,2-3,12-19H2,1H3/t22-,25+/m0/s1. The predicted molar refractivity (Wildman–Crippen MR) is 136 cm³/mol. The maximum atomic E-state index is 11.8. The van der Waals surface area contributed by atoms with Crippen molar-refractivity contribution in [3.8, 4) is 0 Å². The molecule has 7 heteroatoms. The summed E-state index contributed by atoms with van der Waals surface area (Å²) in [6, 6.07) is 15.7. The molecule has 2 aliphatic rings. The highest BCUT2D eigenvalue weighted by Crippen LogP contribution is 2.40. The van der Waals surface area contributed by atoms with Crippen LogP contribution >= 0.6 is 23.2 Å². The second kappa shape index (κ2) is 12.4. The van der Waals surface area contributed by atoms with Crippen molar-refractivity contribution in [2.45, 2.75) is 25.9 Å². The summed E-state index contributed by atoms with van der Waals surface area (Å²) >= 11 is 12.2. The minimum Gasteiger partial charge on any atom is -0.466 e. The molecule has 0 unspecified atom stereocenters. The van der Waals surface area contributed by atoms with Gasteiger partial charge in [-0.05, 0) is 61.1 Å². The van der Waals surface area contributed by atoms with Crippen molar-refractivity contribution >= 4 is 29.2 Å². The molecule has 2 aromatic rings. The Morgan fingerprint density at radius 3 is 2.06 bits per heavy atom. The Hall–Kier alpha value is -1.63. The van der Waals surface area contributed by atoms with E-state index in [1.54, 1.807) is 0 Å². The first-order chi connectivity index (χ1) is 16.5. The first-order valence-electron chi connectivity index (χ1n) is 12.3. The van der Waals surface area contributed by atoms with E-state index in [1.807, 2.05) is 55.5 Å².